The van der Waals surface area contributed by atoms with Gasteiger partial charge in [-0.1, -0.05) is 6.92 Å². The molecule has 0 amide bonds. The smallest absolute Gasteiger partial charge is 0.241 e. The van der Waals surface area contributed by atoms with Gasteiger partial charge < -0.3 is 0 Å². The molecule has 1 atom stereocenters. The van der Waals surface area contributed by atoms with E-state index in [1.54, 1.807) is 15.9 Å². The fourth-order valence-electron chi connectivity index (χ4n) is 3.15. The Morgan fingerprint density at radius 3 is 3.05 bits per heavy atom. The van der Waals surface area contributed by atoms with E-state index in [1.807, 2.05) is 6.92 Å². The van der Waals surface area contributed by atoms with Gasteiger partial charge in [0.05, 0.1) is 5.39 Å². The van der Waals surface area contributed by atoms with Crippen molar-refractivity contribution < 1.29 is 0 Å². The number of aryl methyl sites for hydroxylation is 2. The predicted molar refractivity (Wildman–Crippen MR) is 80.1 cm³/mol. The van der Waals surface area contributed by atoms with Crippen molar-refractivity contribution in [3.8, 4) is 0 Å². The molecule has 4 rings (SSSR count). The zero-order chi connectivity index (χ0) is 13.9. The molecular weight excluding hydrogens is 272 g/mol. The highest BCUT2D eigenvalue weighted by atomic mass is 32.1. The molecule has 3 aromatic rings. The van der Waals surface area contributed by atoms with Crippen molar-refractivity contribution in [3.05, 3.63) is 16.3 Å². The molecule has 0 saturated carbocycles. The van der Waals surface area contributed by atoms with Crippen LogP contribution < -0.4 is 11.3 Å². The van der Waals surface area contributed by atoms with Gasteiger partial charge in [0.1, 0.15) is 10.7 Å². The van der Waals surface area contributed by atoms with E-state index in [2.05, 4.69) is 27.4 Å². The molecular formula is C13H16N6S. The van der Waals surface area contributed by atoms with Crippen molar-refractivity contribution >= 4 is 33.1 Å². The maximum absolute atomic E-state index is 5.57. The van der Waals surface area contributed by atoms with Gasteiger partial charge in [-0.25, -0.2) is 15.8 Å². The van der Waals surface area contributed by atoms with Gasteiger partial charge in [0.25, 0.3) is 0 Å². The number of nitrogens with zero attached hydrogens (tertiary/aromatic N) is 4. The average Bonchev–Trinajstić information content (AvgIpc) is 2.97. The van der Waals surface area contributed by atoms with Crippen molar-refractivity contribution in [3.63, 3.8) is 0 Å². The summed E-state index contributed by atoms with van der Waals surface area (Å²) in [5, 5.41) is 5.56. The molecule has 0 radical (unpaired) electrons. The molecule has 0 aliphatic heterocycles. The van der Waals surface area contributed by atoms with E-state index in [-0.39, 0.29) is 0 Å². The Morgan fingerprint density at radius 2 is 2.25 bits per heavy atom. The van der Waals surface area contributed by atoms with Crippen LogP contribution in [0.5, 0.6) is 0 Å². The van der Waals surface area contributed by atoms with E-state index in [1.165, 1.54) is 23.3 Å². The third-order valence-corrected chi connectivity index (χ3v) is 5.17. The Bertz CT molecular complexity index is 817. The first-order valence-electron chi connectivity index (χ1n) is 6.84. The van der Waals surface area contributed by atoms with Crippen LogP contribution in [-0.4, -0.2) is 19.6 Å². The van der Waals surface area contributed by atoms with Crippen LogP contribution in [0, 0.1) is 6.92 Å². The number of thiophene rings is 1. The van der Waals surface area contributed by atoms with Crippen LogP contribution in [0.25, 0.3) is 15.9 Å². The highest BCUT2D eigenvalue weighted by Crippen LogP contribution is 2.43. The van der Waals surface area contributed by atoms with E-state index in [0.717, 1.165) is 28.1 Å². The first-order valence-corrected chi connectivity index (χ1v) is 7.66. The minimum Gasteiger partial charge on any atom is -0.292 e. The molecule has 20 heavy (non-hydrogen) atoms. The SMILES string of the molecule is Cc1nc2c3c4c(sc3nc(NN)n2n1)CCC[C@@H]4C. The fraction of sp³-hybridized carbons (Fsp3) is 0.462. The van der Waals surface area contributed by atoms with Crippen LogP contribution in [0.1, 0.15) is 41.9 Å². The lowest BCUT2D eigenvalue weighted by Crippen LogP contribution is -2.13. The summed E-state index contributed by atoms with van der Waals surface area (Å²) >= 11 is 1.77. The van der Waals surface area contributed by atoms with Crippen molar-refractivity contribution in [2.45, 2.75) is 39.0 Å². The molecule has 1 aliphatic carbocycles. The van der Waals surface area contributed by atoms with Gasteiger partial charge in [-0.2, -0.15) is 4.52 Å². The number of hydrazine groups is 1. The molecule has 1 aliphatic rings. The van der Waals surface area contributed by atoms with E-state index in [0.29, 0.717) is 11.9 Å². The minimum atomic E-state index is 0.541. The fourth-order valence-corrected chi connectivity index (χ4v) is 4.48. The van der Waals surface area contributed by atoms with Crippen molar-refractivity contribution in [1.29, 1.82) is 0 Å². The highest BCUT2D eigenvalue weighted by molar-refractivity contribution is 7.19. The summed E-state index contributed by atoms with van der Waals surface area (Å²) in [6.07, 6.45) is 3.63. The summed E-state index contributed by atoms with van der Waals surface area (Å²) in [5.41, 5.74) is 4.91. The number of anilines is 1. The predicted octanol–water partition coefficient (Wildman–Crippen LogP) is 2.37. The molecule has 3 aromatic heterocycles. The second-order valence-electron chi connectivity index (χ2n) is 5.39. The van der Waals surface area contributed by atoms with E-state index < -0.39 is 0 Å². The summed E-state index contributed by atoms with van der Waals surface area (Å²) < 4.78 is 1.71. The molecule has 0 bridgehead atoms. The molecule has 7 heteroatoms. The largest absolute Gasteiger partial charge is 0.292 e. The highest BCUT2D eigenvalue weighted by Gasteiger charge is 2.26. The number of hydrogen-bond acceptors (Lipinski definition) is 6. The summed E-state index contributed by atoms with van der Waals surface area (Å²) in [5.74, 6) is 7.41. The van der Waals surface area contributed by atoms with Crippen LogP contribution in [0.2, 0.25) is 0 Å². The summed E-state index contributed by atoms with van der Waals surface area (Å²) in [6, 6.07) is 0. The van der Waals surface area contributed by atoms with Gasteiger partial charge in [0.2, 0.25) is 5.95 Å². The topological polar surface area (TPSA) is 81.1 Å². The van der Waals surface area contributed by atoms with E-state index >= 15 is 0 Å². The zero-order valence-corrected chi connectivity index (χ0v) is 12.3. The number of nitrogen functional groups attached to an aromatic ring is 1. The van der Waals surface area contributed by atoms with E-state index in [4.69, 9.17) is 5.84 Å². The quantitative estimate of drug-likeness (QED) is 0.531. The summed E-state index contributed by atoms with van der Waals surface area (Å²) in [7, 11) is 0. The van der Waals surface area contributed by atoms with Gasteiger partial charge in [-0.05, 0) is 37.7 Å². The Kier molecular flexibility index (Phi) is 2.49. The third kappa shape index (κ3) is 1.50. The average molecular weight is 288 g/mol. The number of fused-ring (bicyclic) bond motifs is 5. The molecule has 104 valence electrons. The standard InChI is InChI=1S/C13H16N6S/c1-6-4-3-5-8-9(6)10-11-15-7(2)18-19(11)13(17-14)16-12(10)20-8/h6H,3-5,14H2,1-2H3,(H,16,17)/t6-/m0/s1. The molecule has 3 N–H and O–H groups in total. The second-order valence-corrected chi connectivity index (χ2v) is 6.47. The van der Waals surface area contributed by atoms with Crippen LogP contribution in [0.15, 0.2) is 0 Å². The Labute approximate surface area is 120 Å². The van der Waals surface area contributed by atoms with Crippen molar-refractivity contribution in [1.82, 2.24) is 19.6 Å². The monoisotopic (exact) mass is 288 g/mol. The second kappa shape index (κ2) is 4.13. The van der Waals surface area contributed by atoms with Gasteiger partial charge in [0.15, 0.2) is 5.65 Å². The number of hydrogen-bond donors (Lipinski definition) is 2. The lowest BCUT2D eigenvalue weighted by atomic mass is 9.87. The summed E-state index contributed by atoms with van der Waals surface area (Å²) in [6.45, 7) is 4.18. The lowest BCUT2D eigenvalue weighted by molar-refractivity contribution is 0.602. The molecule has 0 aromatic carbocycles. The normalized spacial score (nSPS) is 18.6. The Balaban J connectivity index is 2.18. The molecule has 6 nitrogen and oxygen atoms in total. The van der Waals surface area contributed by atoms with Crippen molar-refractivity contribution in [2.75, 3.05) is 5.43 Å². The number of nitrogens with two attached hydrogens (primary N) is 1. The lowest BCUT2D eigenvalue weighted by Gasteiger charge is -2.18. The molecule has 0 saturated heterocycles. The molecule has 0 spiro atoms. The number of rotatable bonds is 1. The molecule has 0 fully saturated rings. The van der Waals surface area contributed by atoms with Crippen LogP contribution in [-0.2, 0) is 6.42 Å². The van der Waals surface area contributed by atoms with Gasteiger partial charge in [-0.3, -0.25) is 5.43 Å². The Hall–Kier alpha value is -1.73. The Morgan fingerprint density at radius 1 is 1.40 bits per heavy atom. The van der Waals surface area contributed by atoms with Crippen molar-refractivity contribution in [2.24, 2.45) is 5.84 Å². The third-order valence-electron chi connectivity index (χ3n) is 4.01. The zero-order valence-electron chi connectivity index (χ0n) is 11.5. The van der Waals surface area contributed by atoms with Gasteiger partial charge >= 0.3 is 0 Å². The molecule has 0 unspecified atom stereocenters. The first-order chi connectivity index (χ1) is 9.69. The van der Waals surface area contributed by atoms with Gasteiger partial charge in [0, 0.05) is 4.88 Å². The van der Waals surface area contributed by atoms with Gasteiger partial charge in [-0.15, -0.1) is 16.4 Å². The summed E-state index contributed by atoms with van der Waals surface area (Å²) in [4.78, 5) is 11.7. The maximum atomic E-state index is 5.57. The minimum absolute atomic E-state index is 0.541. The van der Waals surface area contributed by atoms with Crippen LogP contribution in [0.4, 0.5) is 5.95 Å². The number of nitrogens with one attached hydrogen (secondary N) is 1. The number of aromatic nitrogens is 4. The first kappa shape index (κ1) is 12.0. The molecule has 3 heterocycles. The van der Waals surface area contributed by atoms with E-state index in [9.17, 15) is 0 Å². The maximum Gasteiger partial charge on any atom is 0.241 e. The van der Waals surface area contributed by atoms with Crippen LogP contribution >= 0.6 is 11.3 Å². The van der Waals surface area contributed by atoms with Crippen LogP contribution in [0.3, 0.4) is 0 Å².